The van der Waals surface area contributed by atoms with Gasteiger partial charge in [-0.1, -0.05) is 35.5 Å². The molecule has 0 spiro atoms. The van der Waals surface area contributed by atoms with Gasteiger partial charge in [-0.15, -0.1) is 0 Å². The first-order valence-electron chi connectivity index (χ1n) is 4.81. The van der Waals surface area contributed by atoms with Crippen molar-refractivity contribution in [3.8, 4) is 6.07 Å². The summed E-state index contributed by atoms with van der Waals surface area (Å²) in [5.41, 5.74) is 6.10. The number of nitrogens with zero attached hydrogens (tertiary/aromatic N) is 2. The number of nitrogens with two attached hydrogens (primary N) is 1. The zero-order valence-corrected chi connectivity index (χ0v) is 10.4. The molecule has 0 saturated heterocycles. The second-order valence-corrected chi connectivity index (χ2v) is 4.90. The summed E-state index contributed by atoms with van der Waals surface area (Å²) >= 11 is 0. The second kappa shape index (κ2) is 5.84. The third-order valence-corrected chi connectivity index (χ3v) is 2.11. The second-order valence-electron chi connectivity index (χ2n) is 3.34. The van der Waals surface area contributed by atoms with Crippen LogP contribution in [0.1, 0.15) is 5.56 Å². The molecule has 0 aliphatic heterocycles. The van der Waals surface area contributed by atoms with Gasteiger partial charge in [-0.3, -0.25) is 4.28 Å². The summed E-state index contributed by atoms with van der Waals surface area (Å²) in [6.07, 6.45) is 2.32. The molecule has 1 rings (SSSR count). The minimum atomic E-state index is -3.76. The topological polar surface area (TPSA) is 106 Å². The average molecular weight is 265 g/mol. The summed E-state index contributed by atoms with van der Waals surface area (Å²) in [6, 6.07) is 10.7. The minimum absolute atomic E-state index is 0.0207. The normalized spacial score (nSPS) is 12.9. The largest absolute Gasteiger partial charge is 0.396 e. The maximum atomic E-state index is 10.7. The fourth-order valence-electron chi connectivity index (χ4n) is 1.04. The van der Waals surface area contributed by atoms with E-state index in [1.165, 1.54) is 6.08 Å². The summed E-state index contributed by atoms with van der Waals surface area (Å²) in [5, 5.41) is 12.0. The Labute approximate surface area is 105 Å². The van der Waals surface area contributed by atoms with Crippen LogP contribution < -0.4 is 5.73 Å². The number of oxime groups is 1. The maximum absolute atomic E-state index is 10.7. The van der Waals surface area contributed by atoms with Crippen LogP contribution in [0.15, 0.2) is 41.2 Å². The molecule has 94 valence electrons. The van der Waals surface area contributed by atoms with Gasteiger partial charge in [0.25, 0.3) is 0 Å². The minimum Gasteiger partial charge on any atom is -0.396 e. The van der Waals surface area contributed by atoms with Crippen LogP contribution in [-0.2, 0) is 14.4 Å². The van der Waals surface area contributed by atoms with E-state index in [0.717, 1.165) is 11.8 Å². The molecule has 0 aliphatic carbocycles. The van der Waals surface area contributed by atoms with Gasteiger partial charge >= 0.3 is 10.1 Å². The van der Waals surface area contributed by atoms with Crippen LogP contribution in [0, 0.1) is 11.3 Å². The first-order valence-corrected chi connectivity index (χ1v) is 6.63. The van der Waals surface area contributed by atoms with Crippen LogP contribution in [-0.4, -0.2) is 20.4 Å². The Kier molecular flexibility index (Phi) is 4.45. The van der Waals surface area contributed by atoms with Crippen LogP contribution >= 0.6 is 0 Å². The van der Waals surface area contributed by atoms with Crippen molar-refractivity contribution in [2.75, 3.05) is 6.26 Å². The SMILES string of the molecule is CS(=O)(=O)ON=C(C#N)/C(N)=C/c1ccccc1. The summed E-state index contributed by atoms with van der Waals surface area (Å²) < 4.78 is 25.6. The fraction of sp³-hybridized carbons (Fsp3) is 0.0909. The molecule has 0 saturated carbocycles. The smallest absolute Gasteiger partial charge is 0.325 e. The van der Waals surface area contributed by atoms with Gasteiger partial charge < -0.3 is 5.73 Å². The quantitative estimate of drug-likeness (QED) is 0.641. The summed E-state index contributed by atoms with van der Waals surface area (Å²) in [7, 11) is -3.76. The van der Waals surface area contributed by atoms with E-state index in [-0.39, 0.29) is 11.4 Å². The van der Waals surface area contributed by atoms with Crippen LogP contribution in [0.5, 0.6) is 0 Å². The van der Waals surface area contributed by atoms with Gasteiger partial charge in [0.15, 0.2) is 0 Å². The first-order chi connectivity index (χ1) is 8.42. The lowest BCUT2D eigenvalue weighted by Gasteiger charge is -1.99. The highest BCUT2D eigenvalue weighted by molar-refractivity contribution is 7.85. The van der Waals surface area contributed by atoms with Crippen molar-refractivity contribution in [2.45, 2.75) is 0 Å². The van der Waals surface area contributed by atoms with E-state index in [9.17, 15) is 8.42 Å². The standard InChI is InChI=1S/C11H11N3O3S/c1-18(15,16)17-14-11(8-12)10(13)7-9-5-3-2-4-6-9/h2-7H,13H2,1H3/b10-7-,14-11?. The summed E-state index contributed by atoms with van der Waals surface area (Å²) in [6.45, 7) is 0. The lowest BCUT2D eigenvalue weighted by Crippen LogP contribution is -2.11. The molecule has 0 amide bonds. The maximum Gasteiger partial charge on any atom is 0.325 e. The van der Waals surface area contributed by atoms with E-state index in [1.54, 1.807) is 30.3 Å². The van der Waals surface area contributed by atoms with Crippen molar-refractivity contribution in [3.63, 3.8) is 0 Å². The fourth-order valence-corrected chi connectivity index (χ4v) is 1.25. The van der Waals surface area contributed by atoms with E-state index >= 15 is 0 Å². The lowest BCUT2D eigenvalue weighted by atomic mass is 10.1. The van der Waals surface area contributed by atoms with E-state index < -0.39 is 10.1 Å². The number of rotatable bonds is 4. The summed E-state index contributed by atoms with van der Waals surface area (Å²) in [5.74, 6) is 0. The Morgan fingerprint density at radius 1 is 1.44 bits per heavy atom. The van der Waals surface area contributed by atoms with Crippen molar-refractivity contribution in [3.05, 3.63) is 41.6 Å². The molecule has 1 aromatic rings. The zero-order chi connectivity index (χ0) is 13.6. The molecule has 2 N–H and O–H groups in total. The number of benzene rings is 1. The highest BCUT2D eigenvalue weighted by Gasteiger charge is 2.06. The third-order valence-electron chi connectivity index (χ3n) is 1.77. The van der Waals surface area contributed by atoms with Gasteiger partial charge in [-0.25, -0.2) is 0 Å². The van der Waals surface area contributed by atoms with Crippen LogP contribution in [0.4, 0.5) is 0 Å². The highest BCUT2D eigenvalue weighted by atomic mass is 32.2. The van der Waals surface area contributed by atoms with E-state index in [1.807, 2.05) is 6.07 Å². The molecule has 1 aromatic carbocycles. The highest BCUT2D eigenvalue weighted by Crippen LogP contribution is 2.05. The van der Waals surface area contributed by atoms with Gasteiger partial charge in [0.2, 0.25) is 5.71 Å². The van der Waals surface area contributed by atoms with Crippen LogP contribution in [0.2, 0.25) is 0 Å². The molecule has 0 heterocycles. The molecule has 0 radical (unpaired) electrons. The van der Waals surface area contributed by atoms with Gasteiger partial charge in [-0.2, -0.15) is 13.7 Å². The Balaban J connectivity index is 2.97. The predicted molar refractivity (Wildman–Crippen MR) is 67.6 cm³/mol. The zero-order valence-electron chi connectivity index (χ0n) is 9.57. The molecule has 0 unspecified atom stereocenters. The van der Waals surface area contributed by atoms with E-state index in [2.05, 4.69) is 9.44 Å². The number of nitriles is 1. The molecule has 7 heteroatoms. The molecule has 6 nitrogen and oxygen atoms in total. The molecule has 0 fully saturated rings. The first kappa shape index (κ1) is 13.7. The van der Waals surface area contributed by atoms with Crippen LogP contribution in [0.3, 0.4) is 0 Å². The van der Waals surface area contributed by atoms with Gasteiger partial charge in [0, 0.05) is 0 Å². The Hall–Kier alpha value is -2.33. The van der Waals surface area contributed by atoms with E-state index in [4.69, 9.17) is 11.0 Å². The molecule has 0 atom stereocenters. The molecule has 0 aromatic heterocycles. The van der Waals surface area contributed by atoms with Crippen LogP contribution in [0.25, 0.3) is 6.08 Å². The van der Waals surface area contributed by atoms with Crippen molar-refractivity contribution in [2.24, 2.45) is 10.9 Å². The Morgan fingerprint density at radius 2 is 2.06 bits per heavy atom. The Morgan fingerprint density at radius 3 is 2.56 bits per heavy atom. The third kappa shape index (κ3) is 4.67. The van der Waals surface area contributed by atoms with E-state index in [0.29, 0.717) is 0 Å². The molecular formula is C11H11N3O3S. The van der Waals surface area contributed by atoms with Crippen molar-refractivity contribution in [1.29, 1.82) is 5.26 Å². The molecular weight excluding hydrogens is 254 g/mol. The van der Waals surface area contributed by atoms with Crippen molar-refractivity contribution in [1.82, 2.24) is 0 Å². The van der Waals surface area contributed by atoms with Crippen molar-refractivity contribution < 1.29 is 12.7 Å². The molecule has 0 aliphatic rings. The molecule has 0 bridgehead atoms. The van der Waals surface area contributed by atoms with Gasteiger partial charge in [0.05, 0.1) is 12.0 Å². The number of hydrogen-bond donors (Lipinski definition) is 1. The summed E-state index contributed by atoms with van der Waals surface area (Å²) in [4.78, 5) is 0. The van der Waals surface area contributed by atoms with Gasteiger partial charge in [-0.05, 0) is 11.6 Å². The Bertz CT molecular complexity index is 613. The average Bonchev–Trinajstić information content (AvgIpc) is 2.29. The number of allylic oxidation sites excluding steroid dienone is 1. The predicted octanol–water partition coefficient (Wildman–Crippen LogP) is 0.842. The van der Waals surface area contributed by atoms with Crippen molar-refractivity contribution >= 4 is 21.9 Å². The monoisotopic (exact) mass is 265 g/mol. The molecule has 18 heavy (non-hydrogen) atoms. The number of hydrogen-bond acceptors (Lipinski definition) is 6. The van der Waals surface area contributed by atoms with Gasteiger partial charge in [0.1, 0.15) is 6.07 Å². The lowest BCUT2D eigenvalue weighted by molar-refractivity contribution is 0.344.